The smallest absolute Gasteiger partial charge is 0.410 e. The van der Waals surface area contributed by atoms with Gasteiger partial charge in [-0.05, 0) is 38.5 Å². The van der Waals surface area contributed by atoms with Crippen molar-refractivity contribution in [2.45, 2.75) is 42.4 Å². The van der Waals surface area contributed by atoms with Gasteiger partial charge in [-0.1, -0.05) is 11.6 Å². The lowest BCUT2D eigenvalue weighted by atomic mass is 10.0. The summed E-state index contributed by atoms with van der Waals surface area (Å²) in [6, 6.07) is 3.46. The highest BCUT2D eigenvalue weighted by atomic mass is 35.5. The molecule has 0 saturated carbocycles. The van der Waals surface area contributed by atoms with Crippen LogP contribution >= 0.6 is 11.6 Å². The minimum Gasteiger partial charge on any atom is -0.488 e. The van der Waals surface area contributed by atoms with Crippen molar-refractivity contribution < 1.29 is 45.1 Å². The highest BCUT2D eigenvalue weighted by molar-refractivity contribution is 7.89. The summed E-state index contributed by atoms with van der Waals surface area (Å²) >= 11 is 5.76. The van der Waals surface area contributed by atoms with Crippen LogP contribution in [0.5, 0.6) is 5.75 Å². The summed E-state index contributed by atoms with van der Waals surface area (Å²) in [5.41, 5.74) is -4.16. The summed E-state index contributed by atoms with van der Waals surface area (Å²) in [5, 5.41) is 3.90. The predicted molar refractivity (Wildman–Crippen MR) is 133 cm³/mol. The molecule has 0 radical (unpaired) electrons. The van der Waals surface area contributed by atoms with E-state index < -0.39 is 50.8 Å². The van der Waals surface area contributed by atoms with E-state index in [1.807, 2.05) is 0 Å². The maximum atomic E-state index is 13.5. The Hall–Kier alpha value is -3.37. The summed E-state index contributed by atoms with van der Waals surface area (Å²) in [5.74, 6) is -4.55. The number of aryl methyl sites for hydroxylation is 1. The molecule has 17 heteroatoms. The maximum Gasteiger partial charge on any atom is 0.410 e. The van der Waals surface area contributed by atoms with Gasteiger partial charge >= 0.3 is 18.0 Å². The molecule has 3 N–H and O–H groups in total. The molecule has 3 heterocycles. The zero-order valence-corrected chi connectivity index (χ0v) is 22.9. The second-order valence-electron chi connectivity index (χ2n) is 10.1. The molecule has 4 rings (SSSR count). The van der Waals surface area contributed by atoms with Crippen LogP contribution in [0.25, 0.3) is 0 Å². The zero-order valence-electron chi connectivity index (χ0n) is 21.3. The quantitative estimate of drug-likeness (QED) is 0.360. The highest BCUT2D eigenvalue weighted by Gasteiger charge is 2.51. The number of rotatable bonds is 3. The summed E-state index contributed by atoms with van der Waals surface area (Å²) in [4.78, 5) is 38.5. The number of sulfonamides is 1. The van der Waals surface area contributed by atoms with Gasteiger partial charge in [0.05, 0.1) is 10.6 Å². The van der Waals surface area contributed by atoms with Gasteiger partial charge in [-0.25, -0.2) is 12.8 Å². The van der Waals surface area contributed by atoms with E-state index in [-0.39, 0.29) is 53.2 Å². The Kier molecular flexibility index (Phi) is 7.34. The zero-order chi connectivity index (χ0) is 29.8. The van der Waals surface area contributed by atoms with E-state index in [9.17, 15) is 40.4 Å². The molecule has 2 aliphatic heterocycles. The fraction of sp³-hybridized carbons (Fsp3) is 0.435. The van der Waals surface area contributed by atoms with Gasteiger partial charge < -0.3 is 24.8 Å². The second kappa shape index (κ2) is 9.92. The molecular weight excluding hydrogens is 586 g/mol. The van der Waals surface area contributed by atoms with Crippen LogP contribution in [0.2, 0.25) is 5.02 Å². The molecule has 1 fully saturated rings. The van der Waals surface area contributed by atoms with E-state index in [1.165, 1.54) is 23.7 Å². The predicted octanol–water partition coefficient (Wildman–Crippen LogP) is 2.17. The molecule has 0 bridgehead atoms. The van der Waals surface area contributed by atoms with Gasteiger partial charge in [0.25, 0.3) is 5.91 Å². The Labute approximate surface area is 230 Å². The Balaban J connectivity index is 1.54. The molecule has 0 aliphatic carbocycles. The third-order valence-electron chi connectivity index (χ3n) is 6.60. The number of carbonyl (C=O) groups is 3. The van der Waals surface area contributed by atoms with Crippen molar-refractivity contribution in [1.29, 1.82) is 0 Å². The fourth-order valence-corrected chi connectivity index (χ4v) is 6.10. The lowest BCUT2D eigenvalue weighted by molar-refractivity contribution is -0.189. The van der Waals surface area contributed by atoms with Crippen molar-refractivity contribution in [3.05, 3.63) is 40.9 Å². The number of hydrogen-bond donors (Lipinski definition) is 3. The number of ether oxygens (including phenoxy) is 1. The van der Waals surface area contributed by atoms with Crippen LogP contribution in [0.4, 0.5) is 23.2 Å². The van der Waals surface area contributed by atoms with Crippen molar-refractivity contribution in [2.75, 3.05) is 25.0 Å². The molecule has 2 aromatic rings. The summed E-state index contributed by atoms with van der Waals surface area (Å²) < 4.78 is 89.0. The molecule has 3 amide bonds. The van der Waals surface area contributed by atoms with Crippen molar-refractivity contribution in [1.82, 2.24) is 19.5 Å². The first-order valence-corrected chi connectivity index (χ1v) is 13.5. The number of fused-ring (bicyclic) bond motifs is 1. The molecule has 1 atom stereocenters. The SMILES string of the molecule is Cn1cc2c(c1C(=O)Nc1ccc(F)c(Cl)c1)OC[C@@]1(CCN(C(=O)C(=O)NC(C)(C)C(F)(F)F)C1)NS2(=O)=O. The average molecular weight is 610 g/mol. The van der Waals surface area contributed by atoms with Gasteiger partial charge in [0.2, 0.25) is 10.0 Å². The Morgan fingerprint density at radius 3 is 2.50 bits per heavy atom. The number of anilines is 1. The van der Waals surface area contributed by atoms with Gasteiger partial charge in [-0.15, -0.1) is 0 Å². The van der Waals surface area contributed by atoms with Crippen LogP contribution in [0.15, 0.2) is 29.3 Å². The summed E-state index contributed by atoms with van der Waals surface area (Å²) in [6.07, 6.45) is -3.70. The Morgan fingerprint density at radius 2 is 1.88 bits per heavy atom. The van der Waals surface area contributed by atoms with Crippen LogP contribution in [0.3, 0.4) is 0 Å². The van der Waals surface area contributed by atoms with Crippen LogP contribution < -0.4 is 20.1 Å². The second-order valence-corrected chi connectivity index (χ2v) is 12.2. The van der Waals surface area contributed by atoms with E-state index in [1.54, 1.807) is 5.32 Å². The van der Waals surface area contributed by atoms with Crippen molar-refractivity contribution >= 4 is 45.0 Å². The third-order valence-corrected chi connectivity index (χ3v) is 8.46. The molecular formula is C23H24ClF4N5O6S. The number of amides is 3. The van der Waals surface area contributed by atoms with Crippen LogP contribution in [-0.2, 0) is 26.7 Å². The first-order chi connectivity index (χ1) is 18.4. The maximum absolute atomic E-state index is 13.5. The number of halogens is 5. The lowest BCUT2D eigenvalue weighted by Crippen LogP contribution is -2.58. The third kappa shape index (κ3) is 5.47. The van der Waals surface area contributed by atoms with E-state index in [0.29, 0.717) is 13.8 Å². The van der Waals surface area contributed by atoms with Crippen LogP contribution in [0, 0.1) is 5.82 Å². The molecule has 2 aliphatic rings. The molecule has 1 aromatic heterocycles. The van der Waals surface area contributed by atoms with Crippen molar-refractivity contribution in [3.63, 3.8) is 0 Å². The number of alkyl halides is 3. The molecule has 0 unspecified atom stereocenters. The Morgan fingerprint density at radius 1 is 1.20 bits per heavy atom. The van der Waals surface area contributed by atoms with Gasteiger partial charge in [-0.2, -0.15) is 17.9 Å². The summed E-state index contributed by atoms with van der Waals surface area (Å²) in [6.45, 7) is 0.503. The molecule has 40 heavy (non-hydrogen) atoms. The van der Waals surface area contributed by atoms with Gasteiger partial charge in [0.15, 0.2) is 11.4 Å². The Bertz CT molecular complexity index is 1510. The summed E-state index contributed by atoms with van der Waals surface area (Å²) in [7, 11) is -2.93. The van der Waals surface area contributed by atoms with Crippen molar-refractivity contribution in [2.24, 2.45) is 7.05 Å². The minimum absolute atomic E-state index is 0.0279. The van der Waals surface area contributed by atoms with Gasteiger partial charge in [0, 0.05) is 32.0 Å². The van der Waals surface area contributed by atoms with Crippen LogP contribution in [0.1, 0.15) is 30.8 Å². The molecule has 1 spiro atoms. The largest absolute Gasteiger partial charge is 0.488 e. The molecule has 218 valence electrons. The monoisotopic (exact) mass is 609 g/mol. The number of benzene rings is 1. The van der Waals surface area contributed by atoms with E-state index in [4.69, 9.17) is 16.3 Å². The number of hydrogen-bond acceptors (Lipinski definition) is 6. The first kappa shape index (κ1) is 29.6. The molecule has 1 aromatic carbocycles. The van der Waals surface area contributed by atoms with Gasteiger partial charge in [-0.3, -0.25) is 14.4 Å². The van der Waals surface area contributed by atoms with Gasteiger partial charge in [0.1, 0.15) is 22.9 Å². The standard InChI is InChI=1S/C23H24ClF4N5O6S/c1-21(2,23(26,27)28)30-19(35)20(36)33-7-6-22(10-33)11-39-17-15(40(37,38)31-22)9-32(3)16(17)18(34)29-12-4-5-14(25)13(24)8-12/h4-5,8-9,31H,6-7,10-11H2,1-3H3,(H,29,34)(H,30,35)/t22-/m0/s1. The number of likely N-dealkylation sites (tertiary alicyclic amines) is 1. The molecule has 1 saturated heterocycles. The number of nitrogens with zero attached hydrogens (tertiary/aromatic N) is 2. The first-order valence-electron chi connectivity index (χ1n) is 11.7. The van der Waals surface area contributed by atoms with E-state index in [0.717, 1.165) is 17.2 Å². The number of nitrogens with one attached hydrogen (secondary N) is 3. The number of carbonyl (C=O) groups excluding carboxylic acids is 3. The number of aromatic nitrogens is 1. The highest BCUT2D eigenvalue weighted by Crippen LogP contribution is 2.37. The topological polar surface area (TPSA) is 139 Å². The average Bonchev–Trinajstić information content (AvgIpc) is 3.37. The van der Waals surface area contributed by atoms with Crippen molar-refractivity contribution in [3.8, 4) is 5.75 Å². The molecule has 11 nitrogen and oxygen atoms in total. The lowest BCUT2D eigenvalue weighted by Gasteiger charge is -2.30. The van der Waals surface area contributed by atoms with E-state index >= 15 is 0 Å². The minimum atomic E-state index is -4.82. The van der Waals surface area contributed by atoms with Crippen LogP contribution in [-0.4, -0.2) is 72.6 Å². The van der Waals surface area contributed by atoms with E-state index in [2.05, 4.69) is 10.0 Å². The normalized spacial score (nSPS) is 20.4. The fourth-order valence-electron chi connectivity index (χ4n) is 4.31.